The van der Waals surface area contributed by atoms with E-state index in [0.29, 0.717) is 12.8 Å². The fourth-order valence-corrected chi connectivity index (χ4v) is 1.66. The highest BCUT2D eigenvalue weighted by Gasteiger charge is 2.13. The maximum Gasteiger partial charge on any atom is 0.217 e. The first-order chi connectivity index (χ1) is 8.59. The minimum Gasteiger partial charge on any atom is -0.370 e. The average molecular weight is 249 g/mol. The van der Waals surface area contributed by atoms with Crippen LogP contribution in [-0.4, -0.2) is 22.7 Å². The van der Waals surface area contributed by atoms with E-state index < -0.39 is 11.9 Å². The summed E-state index contributed by atoms with van der Waals surface area (Å²) in [5, 5.41) is 0. The number of primary amides is 1. The molecular weight excluding hydrogens is 230 g/mol. The Labute approximate surface area is 107 Å². The highest BCUT2D eigenvalue weighted by molar-refractivity contribution is 5.84. The number of nitrogens with two attached hydrogens (primary N) is 2. The van der Waals surface area contributed by atoms with E-state index in [0.717, 1.165) is 18.4 Å². The number of amides is 1. The lowest BCUT2D eigenvalue weighted by Gasteiger charge is -2.09. The summed E-state index contributed by atoms with van der Waals surface area (Å²) in [5.41, 5.74) is 11.8. The molecule has 1 heterocycles. The second kappa shape index (κ2) is 7.55. The summed E-state index contributed by atoms with van der Waals surface area (Å²) in [5.74, 6) is -0.430. The quantitative estimate of drug-likeness (QED) is 0.703. The van der Waals surface area contributed by atoms with Crippen LogP contribution in [0.25, 0.3) is 0 Å². The molecule has 1 atom stereocenters. The van der Waals surface area contributed by atoms with Crippen molar-refractivity contribution in [2.24, 2.45) is 11.5 Å². The summed E-state index contributed by atoms with van der Waals surface area (Å²) in [6.45, 7) is 0. The van der Waals surface area contributed by atoms with Gasteiger partial charge in [-0.3, -0.25) is 14.6 Å². The van der Waals surface area contributed by atoms with Crippen LogP contribution in [0.15, 0.2) is 24.5 Å². The predicted octanol–water partition coefficient (Wildman–Crippen LogP) is 0.566. The van der Waals surface area contributed by atoms with Crippen molar-refractivity contribution < 1.29 is 9.59 Å². The van der Waals surface area contributed by atoms with E-state index in [1.165, 1.54) is 0 Å². The van der Waals surface area contributed by atoms with Gasteiger partial charge in [-0.05, 0) is 37.0 Å². The second-order valence-electron chi connectivity index (χ2n) is 4.29. The number of carbonyl (C=O) groups excluding carboxylic acids is 2. The number of hydrogen-bond acceptors (Lipinski definition) is 4. The fraction of sp³-hybridized carbons (Fsp3) is 0.462. The van der Waals surface area contributed by atoms with Crippen molar-refractivity contribution in [2.45, 2.75) is 38.1 Å². The van der Waals surface area contributed by atoms with E-state index in [1.807, 2.05) is 12.1 Å². The Morgan fingerprint density at radius 3 is 2.50 bits per heavy atom. The number of aryl methyl sites for hydroxylation is 1. The van der Waals surface area contributed by atoms with Crippen LogP contribution in [0, 0.1) is 0 Å². The van der Waals surface area contributed by atoms with Crippen molar-refractivity contribution in [1.82, 2.24) is 4.98 Å². The van der Waals surface area contributed by atoms with Gasteiger partial charge in [-0.2, -0.15) is 0 Å². The summed E-state index contributed by atoms with van der Waals surface area (Å²) >= 11 is 0. The normalized spacial score (nSPS) is 12.1. The zero-order valence-electron chi connectivity index (χ0n) is 10.3. The Kier molecular flexibility index (Phi) is 6.00. The Morgan fingerprint density at radius 2 is 1.89 bits per heavy atom. The molecule has 0 spiro atoms. The monoisotopic (exact) mass is 249 g/mol. The molecule has 0 fully saturated rings. The van der Waals surface area contributed by atoms with Crippen LogP contribution in [0.3, 0.4) is 0 Å². The molecule has 0 unspecified atom stereocenters. The first kappa shape index (κ1) is 14.3. The Balaban J connectivity index is 2.22. The summed E-state index contributed by atoms with van der Waals surface area (Å²) in [7, 11) is 0. The van der Waals surface area contributed by atoms with Crippen LogP contribution < -0.4 is 11.5 Å². The van der Waals surface area contributed by atoms with Crippen LogP contribution in [-0.2, 0) is 16.0 Å². The lowest BCUT2D eigenvalue weighted by atomic mass is 10.0. The van der Waals surface area contributed by atoms with E-state index in [9.17, 15) is 9.59 Å². The van der Waals surface area contributed by atoms with Gasteiger partial charge in [-0.1, -0.05) is 0 Å². The average Bonchev–Trinajstić information content (AvgIpc) is 2.37. The van der Waals surface area contributed by atoms with Crippen molar-refractivity contribution in [3.63, 3.8) is 0 Å². The van der Waals surface area contributed by atoms with Crippen molar-refractivity contribution in [2.75, 3.05) is 0 Å². The van der Waals surface area contributed by atoms with Crippen LogP contribution in [0.5, 0.6) is 0 Å². The van der Waals surface area contributed by atoms with E-state index in [4.69, 9.17) is 11.5 Å². The third-order valence-electron chi connectivity index (χ3n) is 2.75. The number of pyridine rings is 1. The molecule has 1 rings (SSSR count). The van der Waals surface area contributed by atoms with Gasteiger partial charge in [-0.25, -0.2) is 0 Å². The van der Waals surface area contributed by atoms with Crippen molar-refractivity contribution >= 4 is 11.7 Å². The predicted molar refractivity (Wildman–Crippen MR) is 68.6 cm³/mol. The lowest BCUT2D eigenvalue weighted by molar-refractivity contribution is -0.121. The van der Waals surface area contributed by atoms with Gasteiger partial charge in [0.1, 0.15) is 5.78 Å². The van der Waals surface area contributed by atoms with Crippen LogP contribution in [0.4, 0.5) is 0 Å². The maximum absolute atomic E-state index is 11.7. The summed E-state index contributed by atoms with van der Waals surface area (Å²) in [6.07, 6.45) is 5.98. The largest absolute Gasteiger partial charge is 0.370 e. The number of rotatable bonds is 8. The maximum atomic E-state index is 11.7. The molecule has 1 amide bonds. The molecule has 0 aromatic carbocycles. The van der Waals surface area contributed by atoms with Gasteiger partial charge in [0.15, 0.2) is 0 Å². The van der Waals surface area contributed by atoms with Crippen molar-refractivity contribution in [3.05, 3.63) is 30.1 Å². The number of ketones is 1. The van der Waals surface area contributed by atoms with Gasteiger partial charge in [0, 0.05) is 25.2 Å². The molecule has 0 radical (unpaired) electrons. The highest BCUT2D eigenvalue weighted by Crippen LogP contribution is 2.06. The summed E-state index contributed by atoms with van der Waals surface area (Å²) in [4.78, 5) is 26.2. The third kappa shape index (κ3) is 5.54. The molecule has 1 aromatic rings. The van der Waals surface area contributed by atoms with E-state index in [-0.39, 0.29) is 12.2 Å². The molecule has 18 heavy (non-hydrogen) atoms. The molecule has 5 heteroatoms. The van der Waals surface area contributed by atoms with Crippen LogP contribution in [0.1, 0.15) is 31.2 Å². The molecule has 4 N–H and O–H groups in total. The molecule has 0 aliphatic rings. The molecule has 1 aromatic heterocycles. The summed E-state index contributed by atoms with van der Waals surface area (Å²) in [6, 6.07) is 3.28. The topological polar surface area (TPSA) is 99.1 Å². The minimum absolute atomic E-state index is 0.00898. The Morgan fingerprint density at radius 1 is 1.22 bits per heavy atom. The molecule has 0 aliphatic carbocycles. The van der Waals surface area contributed by atoms with E-state index in [1.54, 1.807) is 12.4 Å². The Bertz CT molecular complexity index is 392. The van der Waals surface area contributed by atoms with Crippen molar-refractivity contribution in [3.8, 4) is 0 Å². The Hall–Kier alpha value is -1.75. The lowest BCUT2D eigenvalue weighted by Crippen LogP contribution is -2.31. The SMILES string of the molecule is NC(=O)CC[C@H](N)C(=O)CCCc1ccncc1. The van der Waals surface area contributed by atoms with E-state index >= 15 is 0 Å². The van der Waals surface area contributed by atoms with Gasteiger partial charge in [0.2, 0.25) is 5.91 Å². The zero-order valence-corrected chi connectivity index (χ0v) is 10.3. The molecule has 0 bridgehead atoms. The zero-order chi connectivity index (χ0) is 13.4. The molecule has 0 aliphatic heterocycles. The van der Waals surface area contributed by atoms with Crippen LogP contribution >= 0.6 is 0 Å². The fourth-order valence-electron chi connectivity index (χ4n) is 1.66. The van der Waals surface area contributed by atoms with Crippen molar-refractivity contribution in [1.29, 1.82) is 0 Å². The standard InChI is InChI=1S/C13H19N3O2/c14-11(4-5-13(15)18)12(17)3-1-2-10-6-8-16-9-7-10/h6-9,11H,1-5,14H2,(H2,15,18)/t11-/m0/s1. The number of carbonyl (C=O) groups is 2. The molecule has 98 valence electrons. The number of nitrogens with zero attached hydrogens (tertiary/aromatic N) is 1. The number of hydrogen-bond donors (Lipinski definition) is 2. The van der Waals surface area contributed by atoms with Gasteiger partial charge in [0.25, 0.3) is 0 Å². The first-order valence-electron chi connectivity index (χ1n) is 6.05. The second-order valence-corrected chi connectivity index (χ2v) is 4.29. The molecule has 0 saturated carbocycles. The molecule has 0 saturated heterocycles. The van der Waals surface area contributed by atoms with Crippen LogP contribution in [0.2, 0.25) is 0 Å². The molecule has 5 nitrogen and oxygen atoms in total. The third-order valence-corrected chi connectivity index (χ3v) is 2.75. The van der Waals surface area contributed by atoms with Gasteiger partial charge in [-0.15, -0.1) is 0 Å². The number of aromatic nitrogens is 1. The smallest absolute Gasteiger partial charge is 0.217 e. The summed E-state index contributed by atoms with van der Waals surface area (Å²) < 4.78 is 0. The van der Waals surface area contributed by atoms with E-state index in [2.05, 4.69) is 4.98 Å². The van der Waals surface area contributed by atoms with Gasteiger partial charge < -0.3 is 11.5 Å². The number of Topliss-reactive ketones (excluding diaryl/α,β-unsaturated/α-hetero) is 1. The van der Waals surface area contributed by atoms with Gasteiger partial charge >= 0.3 is 0 Å². The highest BCUT2D eigenvalue weighted by atomic mass is 16.1. The molecular formula is C13H19N3O2. The first-order valence-corrected chi connectivity index (χ1v) is 6.05. The van der Waals surface area contributed by atoms with Gasteiger partial charge in [0.05, 0.1) is 6.04 Å². The minimum atomic E-state index is -0.574.